The van der Waals surface area contributed by atoms with Gasteiger partial charge in [0.25, 0.3) is 0 Å². The van der Waals surface area contributed by atoms with E-state index in [4.69, 9.17) is 0 Å². The lowest BCUT2D eigenvalue weighted by Gasteiger charge is -2.30. The van der Waals surface area contributed by atoms with Gasteiger partial charge in [0.1, 0.15) is 6.04 Å². The maximum atomic E-state index is 13.2. The van der Waals surface area contributed by atoms with E-state index >= 15 is 0 Å². The number of nitrogens with one attached hydrogen (secondary N) is 1. The van der Waals surface area contributed by atoms with Crippen molar-refractivity contribution in [3.63, 3.8) is 0 Å². The number of aryl methyl sites for hydroxylation is 1. The average Bonchev–Trinajstić information content (AvgIpc) is 3.23. The van der Waals surface area contributed by atoms with Gasteiger partial charge >= 0.3 is 0 Å². The van der Waals surface area contributed by atoms with Crippen LogP contribution in [-0.4, -0.2) is 35.3 Å². The first-order valence-electron chi connectivity index (χ1n) is 10.7. The summed E-state index contributed by atoms with van der Waals surface area (Å²) in [6.45, 7) is 4.41. The predicted molar refractivity (Wildman–Crippen MR) is 117 cm³/mol. The molecule has 1 atom stereocenters. The van der Waals surface area contributed by atoms with Gasteiger partial charge in [-0.15, -0.1) is 0 Å². The Morgan fingerprint density at radius 1 is 1.03 bits per heavy atom. The average molecular weight is 393 g/mol. The van der Waals surface area contributed by atoms with E-state index in [1.807, 2.05) is 56.3 Å². The molecule has 0 radical (unpaired) electrons. The van der Waals surface area contributed by atoms with Gasteiger partial charge in [0.2, 0.25) is 11.8 Å². The molecule has 1 saturated carbocycles. The van der Waals surface area contributed by atoms with Crippen LogP contribution in [0.5, 0.6) is 0 Å². The molecule has 0 spiro atoms. The molecule has 0 bridgehead atoms. The summed E-state index contributed by atoms with van der Waals surface area (Å²) >= 11 is 0. The number of rotatable bonds is 8. The zero-order valence-electron chi connectivity index (χ0n) is 17.6. The summed E-state index contributed by atoms with van der Waals surface area (Å²) in [5.41, 5.74) is 3.29. The van der Waals surface area contributed by atoms with Gasteiger partial charge in [-0.05, 0) is 49.8 Å². The SMILES string of the molecule is Cc1ccccc1CC(=O)N(CCc1ccccc1)C(C)C(=O)NC1CCCC1. The minimum absolute atomic E-state index is 0.00398. The number of hydrogen-bond acceptors (Lipinski definition) is 2. The molecule has 0 heterocycles. The van der Waals surface area contributed by atoms with Gasteiger partial charge in [-0.1, -0.05) is 67.4 Å². The van der Waals surface area contributed by atoms with Crippen molar-refractivity contribution in [2.75, 3.05) is 6.54 Å². The molecular formula is C25H32N2O2. The second kappa shape index (κ2) is 10.2. The third-order valence-corrected chi connectivity index (χ3v) is 5.96. The normalized spacial score (nSPS) is 15.1. The molecule has 2 aromatic carbocycles. The number of carbonyl (C=O) groups is 2. The van der Waals surface area contributed by atoms with E-state index in [1.165, 1.54) is 18.4 Å². The Bertz CT molecular complexity index is 813. The number of nitrogens with zero attached hydrogens (tertiary/aromatic N) is 1. The zero-order chi connectivity index (χ0) is 20.6. The van der Waals surface area contributed by atoms with Crippen molar-refractivity contribution >= 4 is 11.8 Å². The van der Waals surface area contributed by atoms with Gasteiger partial charge in [0.05, 0.1) is 6.42 Å². The molecule has 1 unspecified atom stereocenters. The number of carbonyl (C=O) groups excluding carboxylic acids is 2. The molecule has 4 heteroatoms. The summed E-state index contributed by atoms with van der Waals surface area (Å²) in [6.07, 6.45) is 5.48. The van der Waals surface area contributed by atoms with Gasteiger partial charge < -0.3 is 10.2 Å². The van der Waals surface area contributed by atoms with Crippen molar-refractivity contribution < 1.29 is 9.59 Å². The standard InChI is InChI=1S/C25H32N2O2/c1-19-10-6-7-13-22(19)18-24(28)27(17-16-21-11-4-3-5-12-21)20(2)25(29)26-23-14-8-9-15-23/h3-7,10-13,20,23H,8-9,14-18H2,1-2H3,(H,26,29). The van der Waals surface area contributed by atoms with E-state index < -0.39 is 6.04 Å². The Hall–Kier alpha value is -2.62. The second-order valence-corrected chi connectivity index (χ2v) is 8.09. The first-order valence-corrected chi connectivity index (χ1v) is 10.7. The summed E-state index contributed by atoms with van der Waals surface area (Å²) in [6, 6.07) is 17.9. The number of hydrogen-bond donors (Lipinski definition) is 1. The summed E-state index contributed by atoms with van der Waals surface area (Å²) in [4.78, 5) is 27.8. The third-order valence-electron chi connectivity index (χ3n) is 5.96. The Morgan fingerprint density at radius 3 is 2.38 bits per heavy atom. The van der Waals surface area contributed by atoms with Crippen molar-refractivity contribution in [2.45, 2.75) is 64.5 Å². The maximum Gasteiger partial charge on any atom is 0.242 e. The summed E-state index contributed by atoms with van der Waals surface area (Å²) in [5.74, 6) is -0.0348. The molecule has 2 aromatic rings. The molecule has 0 aliphatic heterocycles. The van der Waals surface area contributed by atoms with Crippen LogP contribution in [0.4, 0.5) is 0 Å². The molecule has 1 N–H and O–H groups in total. The quantitative estimate of drug-likeness (QED) is 0.737. The van der Waals surface area contributed by atoms with E-state index in [1.54, 1.807) is 4.90 Å². The largest absolute Gasteiger partial charge is 0.352 e. The Morgan fingerprint density at radius 2 is 1.69 bits per heavy atom. The summed E-state index contributed by atoms with van der Waals surface area (Å²) in [7, 11) is 0. The molecule has 2 amide bonds. The Balaban J connectivity index is 1.71. The van der Waals surface area contributed by atoms with Crippen LogP contribution >= 0.6 is 0 Å². The lowest BCUT2D eigenvalue weighted by Crippen LogP contribution is -2.51. The molecule has 1 aliphatic rings. The van der Waals surface area contributed by atoms with E-state index in [-0.39, 0.29) is 17.9 Å². The maximum absolute atomic E-state index is 13.2. The van der Waals surface area contributed by atoms with Crippen LogP contribution in [0, 0.1) is 6.92 Å². The second-order valence-electron chi connectivity index (χ2n) is 8.09. The van der Waals surface area contributed by atoms with Crippen molar-refractivity contribution in [3.05, 3.63) is 71.3 Å². The molecule has 1 aliphatic carbocycles. The highest BCUT2D eigenvalue weighted by molar-refractivity contribution is 5.88. The number of amides is 2. The highest BCUT2D eigenvalue weighted by atomic mass is 16.2. The van der Waals surface area contributed by atoms with Gasteiger partial charge in [-0.3, -0.25) is 9.59 Å². The van der Waals surface area contributed by atoms with Gasteiger partial charge in [0, 0.05) is 12.6 Å². The van der Waals surface area contributed by atoms with Crippen LogP contribution in [0.25, 0.3) is 0 Å². The van der Waals surface area contributed by atoms with Crippen LogP contribution in [-0.2, 0) is 22.4 Å². The van der Waals surface area contributed by atoms with E-state index in [9.17, 15) is 9.59 Å². The van der Waals surface area contributed by atoms with Gasteiger partial charge in [-0.2, -0.15) is 0 Å². The molecule has 4 nitrogen and oxygen atoms in total. The fraction of sp³-hybridized carbons (Fsp3) is 0.440. The topological polar surface area (TPSA) is 49.4 Å². The Labute approximate surface area is 174 Å². The summed E-state index contributed by atoms with van der Waals surface area (Å²) < 4.78 is 0. The van der Waals surface area contributed by atoms with Crippen LogP contribution < -0.4 is 5.32 Å². The predicted octanol–water partition coefficient (Wildman–Crippen LogP) is 4.06. The minimum Gasteiger partial charge on any atom is -0.352 e. The van der Waals surface area contributed by atoms with Crippen molar-refractivity contribution in [3.8, 4) is 0 Å². The molecule has 1 fully saturated rings. The van der Waals surface area contributed by atoms with Crippen LogP contribution in [0.15, 0.2) is 54.6 Å². The van der Waals surface area contributed by atoms with Crippen LogP contribution in [0.1, 0.15) is 49.3 Å². The first kappa shape index (κ1) is 21.1. The Kier molecular flexibility index (Phi) is 7.45. The van der Waals surface area contributed by atoms with Crippen molar-refractivity contribution in [2.24, 2.45) is 0 Å². The molecule has 0 aromatic heterocycles. The molecule has 3 rings (SSSR count). The lowest BCUT2D eigenvalue weighted by atomic mass is 10.0. The minimum atomic E-state index is -0.476. The highest BCUT2D eigenvalue weighted by Gasteiger charge is 2.28. The van der Waals surface area contributed by atoms with Gasteiger partial charge in [0.15, 0.2) is 0 Å². The molecule has 0 saturated heterocycles. The van der Waals surface area contributed by atoms with Crippen LogP contribution in [0.3, 0.4) is 0 Å². The third kappa shape index (κ3) is 5.93. The molecule has 29 heavy (non-hydrogen) atoms. The van der Waals surface area contributed by atoms with E-state index in [0.29, 0.717) is 13.0 Å². The lowest BCUT2D eigenvalue weighted by molar-refractivity contribution is -0.139. The van der Waals surface area contributed by atoms with Crippen LogP contribution in [0.2, 0.25) is 0 Å². The fourth-order valence-electron chi connectivity index (χ4n) is 4.03. The van der Waals surface area contributed by atoms with Crippen molar-refractivity contribution in [1.82, 2.24) is 10.2 Å². The van der Waals surface area contributed by atoms with E-state index in [2.05, 4.69) is 17.4 Å². The number of benzene rings is 2. The molecule has 154 valence electrons. The molecular weight excluding hydrogens is 360 g/mol. The summed E-state index contributed by atoms with van der Waals surface area (Å²) in [5, 5.41) is 3.15. The smallest absolute Gasteiger partial charge is 0.242 e. The first-order chi connectivity index (χ1) is 14.0. The van der Waals surface area contributed by atoms with Crippen molar-refractivity contribution in [1.29, 1.82) is 0 Å². The van der Waals surface area contributed by atoms with E-state index in [0.717, 1.165) is 30.4 Å². The monoisotopic (exact) mass is 392 g/mol. The fourth-order valence-corrected chi connectivity index (χ4v) is 4.03. The highest BCUT2D eigenvalue weighted by Crippen LogP contribution is 2.18. The van der Waals surface area contributed by atoms with Gasteiger partial charge in [-0.25, -0.2) is 0 Å². The zero-order valence-corrected chi connectivity index (χ0v) is 17.6.